The van der Waals surface area contributed by atoms with Crippen molar-refractivity contribution in [3.63, 3.8) is 0 Å². The second-order valence-corrected chi connectivity index (χ2v) is 10.1. The topological polar surface area (TPSA) is 86.1 Å². The Balaban J connectivity index is 1.78. The van der Waals surface area contributed by atoms with Gasteiger partial charge in [-0.1, -0.05) is 48.8 Å². The Kier molecular flexibility index (Phi) is 9.60. The van der Waals surface area contributed by atoms with E-state index in [2.05, 4.69) is 29.4 Å². The number of benzene rings is 2. The fourth-order valence-corrected chi connectivity index (χ4v) is 4.96. The molecular weight excluding hydrogens is 507 g/mol. The molecule has 3 rings (SSSR count). The molecule has 1 heterocycles. The van der Waals surface area contributed by atoms with Gasteiger partial charge in [0.2, 0.25) is 0 Å². The Morgan fingerprint density at radius 1 is 1.11 bits per heavy atom. The normalized spacial score (nSPS) is 12.0. The lowest BCUT2D eigenvalue weighted by molar-refractivity contribution is 0.0928. The Morgan fingerprint density at radius 3 is 2.43 bits per heavy atom. The van der Waals surface area contributed by atoms with Gasteiger partial charge in [0.1, 0.15) is 5.75 Å². The molecule has 10 heteroatoms. The van der Waals surface area contributed by atoms with Crippen LogP contribution >= 0.6 is 35.0 Å². The molecule has 35 heavy (non-hydrogen) atoms. The molecule has 0 saturated heterocycles. The van der Waals surface area contributed by atoms with E-state index in [4.69, 9.17) is 27.9 Å². The quantitative estimate of drug-likeness (QED) is 0.236. The van der Waals surface area contributed by atoms with E-state index in [0.717, 1.165) is 0 Å². The van der Waals surface area contributed by atoms with Crippen molar-refractivity contribution in [2.24, 2.45) is 5.92 Å². The first-order valence-electron chi connectivity index (χ1n) is 11.2. The molecule has 1 aromatic heterocycles. The third-order valence-electron chi connectivity index (χ3n) is 5.31. The SMILES string of the molecule is CCn1c(SCC(=O)c2ccc(OC)cc2)nnc1[C@H](CC(C)C)NC(=O)c1ccc(Cl)cc1Cl. The predicted octanol–water partition coefficient (Wildman–Crippen LogP) is 6.11. The van der Waals surface area contributed by atoms with Crippen LogP contribution in [0.3, 0.4) is 0 Å². The first-order chi connectivity index (χ1) is 16.7. The van der Waals surface area contributed by atoms with Crippen molar-refractivity contribution < 1.29 is 14.3 Å². The van der Waals surface area contributed by atoms with Crippen LogP contribution in [-0.2, 0) is 6.54 Å². The van der Waals surface area contributed by atoms with Crippen LogP contribution in [-0.4, -0.2) is 39.3 Å². The number of carbonyl (C=O) groups is 2. The monoisotopic (exact) mass is 534 g/mol. The van der Waals surface area contributed by atoms with Gasteiger partial charge in [-0.3, -0.25) is 9.59 Å². The first kappa shape index (κ1) is 27.0. The summed E-state index contributed by atoms with van der Waals surface area (Å²) in [6, 6.07) is 11.4. The molecule has 3 aromatic rings. The summed E-state index contributed by atoms with van der Waals surface area (Å²) in [7, 11) is 1.58. The summed E-state index contributed by atoms with van der Waals surface area (Å²) >= 11 is 13.5. The predicted molar refractivity (Wildman–Crippen MR) is 140 cm³/mol. The molecule has 0 aliphatic carbocycles. The summed E-state index contributed by atoms with van der Waals surface area (Å²) in [6.45, 7) is 6.72. The minimum Gasteiger partial charge on any atom is -0.497 e. The van der Waals surface area contributed by atoms with Crippen molar-refractivity contribution in [2.45, 2.75) is 44.9 Å². The van der Waals surface area contributed by atoms with Crippen LogP contribution < -0.4 is 10.1 Å². The standard InChI is InChI=1S/C25H28Cl2N4O3S/c1-5-31-23(21(12-15(2)3)28-24(33)19-11-8-17(26)13-20(19)27)29-30-25(31)35-14-22(32)16-6-9-18(34-4)10-7-16/h6-11,13,15,21H,5,12,14H2,1-4H3,(H,28,33)/t21-/m0/s1. The van der Waals surface area contributed by atoms with E-state index < -0.39 is 0 Å². The summed E-state index contributed by atoms with van der Waals surface area (Å²) in [5.41, 5.74) is 0.943. The lowest BCUT2D eigenvalue weighted by Gasteiger charge is -2.21. The van der Waals surface area contributed by atoms with Gasteiger partial charge in [0.15, 0.2) is 16.8 Å². The van der Waals surface area contributed by atoms with Crippen LogP contribution in [0.5, 0.6) is 5.75 Å². The third kappa shape index (κ3) is 6.99. The molecule has 1 atom stereocenters. The number of amides is 1. The van der Waals surface area contributed by atoms with Gasteiger partial charge in [0, 0.05) is 17.1 Å². The zero-order valence-electron chi connectivity index (χ0n) is 20.0. The molecular formula is C25H28Cl2N4O3S. The largest absolute Gasteiger partial charge is 0.497 e. The molecule has 0 saturated carbocycles. The molecule has 7 nitrogen and oxygen atoms in total. The maximum absolute atomic E-state index is 13.0. The van der Waals surface area contributed by atoms with E-state index in [1.165, 1.54) is 11.8 Å². The molecule has 1 amide bonds. The third-order valence-corrected chi connectivity index (χ3v) is 6.82. The van der Waals surface area contributed by atoms with Crippen LogP contribution in [0, 0.1) is 5.92 Å². The van der Waals surface area contributed by atoms with Gasteiger partial charge in [-0.25, -0.2) is 0 Å². The van der Waals surface area contributed by atoms with Gasteiger partial charge >= 0.3 is 0 Å². The summed E-state index contributed by atoms with van der Waals surface area (Å²) in [5.74, 6) is 1.50. The molecule has 0 spiro atoms. The van der Waals surface area contributed by atoms with E-state index in [1.54, 1.807) is 49.6 Å². The second kappa shape index (κ2) is 12.4. The lowest BCUT2D eigenvalue weighted by Crippen LogP contribution is -2.31. The lowest BCUT2D eigenvalue weighted by atomic mass is 10.0. The van der Waals surface area contributed by atoms with Crippen LogP contribution in [0.1, 0.15) is 59.8 Å². The van der Waals surface area contributed by atoms with E-state index in [-0.39, 0.29) is 34.4 Å². The van der Waals surface area contributed by atoms with E-state index in [9.17, 15) is 9.59 Å². The van der Waals surface area contributed by atoms with E-state index in [1.807, 2.05) is 11.5 Å². The first-order valence-corrected chi connectivity index (χ1v) is 13.0. The van der Waals surface area contributed by atoms with Gasteiger partial charge in [0.25, 0.3) is 5.91 Å². The molecule has 0 aliphatic heterocycles. The number of carbonyl (C=O) groups excluding carboxylic acids is 2. The molecule has 0 aliphatic rings. The van der Waals surface area contributed by atoms with Gasteiger partial charge in [-0.2, -0.15) is 0 Å². The number of rotatable bonds is 11. The smallest absolute Gasteiger partial charge is 0.253 e. The molecule has 0 fully saturated rings. The highest BCUT2D eigenvalue weighted by Gasteiger charge is 2.25. The van der Waals surface area contributed by atoms with Crippen LogP contribution in [0.15, 0.2) is 47.6 Å². The van der Waals surface area contributed by atoms with Gasteiger partial charge in [0.05, 0.1) is 29.5 Å². The highest BCUT2D eigenvalue weighted by Crippen LogP contribution is 2.27. The fourth-order valence-electron chi connectivity index (χ4n) is 3.56. The van der Waals surface area contributed by atoms with Gasteiger partial charge in [-0.15, -0.1) is 10.2 Å². The van der Waals surface area contributed by atoms with E-state index >= 15 is 0 Å². The van der Waals surface area contributed by atoms with Crippen molar-refractivity contribution in [3.8, 4) is 5.75 Å². The summed E-state index contributed by atoms with van der Waals surface area (Å²) in [5, 5.41) is 13.1. The van der Waals surface area contributed by atoms with Crippen LogP contribution in [0.25, 0.3) is 0 Å². The number of nitrogens with one attached hydrogen (secondary N) is 1. The van der Waals surface area contributed by atoms with Crippen molar-refractivity contribution in [1.82, 2.24) is 20.1 Å². The Morgan fingerprint density at radius 2 is 1.83 bits per heavy atom. The molecule has 0 radical (unpaired) electrons. The van der Waals surface area contributed by atoms with Crippen molar-refractivity contribution >= 4 is 46.7 Å². The highest BCUT2D eigenvalue weighted by molar-refractivity contribution is 7.99. The molecule has 0 unspecified atom stereocenters. The minimum atomic E-state index is -0.381. The van der Waals surface area contributed by atoms with Crippen molar-refractivity contribution in [3.05, 3.63) is 69.5 Å². The Hall–Kier alpha value is -2.55. The Labute approximate surface area is 219 Å². The molecule has 0 bridgehead atoms. The zero-order chi connectivity index (χ0) is 25.5. The highest BCUT2D eigenvalue weighted by atomic mass is 35.5. The maximum Gasteiger partial charge on any atom is 0.253 e. The fraction of sp³-hybridized carbons (Fsp3) is 0.360. The number of ether oxygens (including phenoxy) is 1. The number of nitrogens with zero attached hydrogens (tertiary/aromatic N) is 3. The van der Waals surface area contributed by atoms with E-state index in [0.29, 0.717) is 45.8 Å². The van der Waals surface area contributed by atoms with Crippen molar-refractivity contribution in [1.29, 1.82) is 0 Å². The molecule has 2 aromatic carbocycles. The number of aromatic nitrogens is 3. The average Bonchev–Trinajstić information content (AvgIpc) is 3.24. The molecule has 186 valence electrons. The summed E-state index contributed by atoms with van der Waals surface area (Å²) < 4.78 is 7.08. The summed E-state index contributed by atoms with van der Waals surface area (Å²) in [4.78, 5) is 25.7. The van der Waals surface area contributed by atoms with Gasteiger partial charge < -0.3 is 14.6 Å². The molecule has 1 N–H and O–H groups in total. The van der Waals surface area contributed by atoms with Crippen molar-refractivity contribution in [2.75, 3.05) is 12.9 Å². The minimum absolute atomic E-state index is 0.0192. The van der Waals surface area contributed by atoms with Crippen LogP contribution in [0.2, 0.25) is 10.0 Å². The second-order valence-electron chi connectivity index (χ2n) is 8.31. The summed E-state index contributed by atoms with van der Waals surface area (Å²) in [6.07, 6.45) is 0.657. The average molecular weight is 535 g/mol. The number of hydrogen-bond acceptors (Lipinski definition) is 6. The number of hydrogen-bond donors (Lipinski definition) is 1. The number of thioether (sulfide) groups is 1. The van der Waals surface area contributed by atoms with Gasteiger partial charge in [-0.05, 0) is 61.7 Å². The maximum atomic E-state index is 13.0. The van der Waals surface area contributed by atoms with Crippen LogP contribution in [0.4, 0.5) is 0 Å². The number of ketones is 1. The zero-order valence-corrected chi connectivity index (χ0v) is 22.4. The number of Topliss-reactive ketones (excluding diaryl/α,β-unsaturated/α-hetero) is 1. The number of methoxy groups -OCH3 is 1. The number of halogens is 2. The Bertz CT molecular complexity index is 1180.